The fraction of sp³-hybridized carbons (Fsp3) is 0.0625. The van der Waals surface area contributed by atoms with Crippen LogP contribution in [-0.2, 0) is 0 Å². The third-order valence-corrected chi connectivity index (χ3v) is 3.37. The van der Waals surface area contributed by atoms with Gasteiger partial charge in [-0.05, 0) is 48.0 Å². The van der Waals surface area contributed by atoms with Gasteiger partial charge in [-0.1, -0.05) is 29.3 Å². The molecule has 0 saturated carbocycles. The predicted molar refractivity (Wildman–Crippen MR) is 84.5 cm³/mol. The molecule has 0 unspecified atom stereocenters. The van der Waals surface area contributed by atoms with Gasteiger partial charge in [0.15, 0.2) is 17.3 Å². The summed E-state index contributed by atoms with van der Waals surface area (Å²) in [4.78, 5) is 12.0. The average molecular weight is 323 g/mol. The monoisotopic (exact) mass is 322 g/mol. The van der Waals surface area contributed by atoms with Crippen LogP contribution in [0.5, 0.6) is 11.5 Å². The minimum atomic E-state index is -0.158. The van der Waals surface area contributed by atoms with Gasteiger partial charge in [-0.2, -0.15) is 0 Å². The number of hydrogen-bond acceptors (Lipinski definition) is 3. The zero-order valence-electron chi connectivity index (χ0n) is 11.1. The van der Waals surface area contributed by atoms with Crippen molar-refractivity contribution in [3.8, 4) is 11.5 Å². The minimum absolute atomic E-state index is 0.125. The number of allylic oxidation sites excluding steroid dienone is 1. The molecule has 0 aliphatic rings. The maximum Gasteiger partial charge on any atom is 0.185 e. The number of phenolic OH excluding ortho intramolecular Hbond substituents is 1. The van der Waals surface area contributed by atoms with E-state index in [0.29, 0.717) is 16.1 Å². The molecule has 0 saturated heterocycles. The lowest BCUT2D eigenvalue weighted by Crippen LogP contribution is -1.93. The Balaban J connectivity index is 2.23. The van der Waals surface area contributed by atoms with E-state index in [9.17, 15) is 9.90 Å². The number of methoxy groups -OCH3 is 1. The van der Waals surface area contributed by atoms with E-state index >= 15 is 0 Å². The highest BCUT2D eigenvalue weighted by Crippen LogP contribution is 2.35. The third kappa shape index (κ3) is 3.78. The van der Waals surface area contributed by atoms with E-state index in [2.05, 4.69) is 0 Å². The SMILES string of the molecule is COc1cc(C=CC(=O)c2ccc(Cl)cc2)cc(Cl)c1O. The van der Waals surface area contributed by atoms with E-state index in [1.54, 1.807) is 42.5 Å². The van der Waals surface area contributed by atoms with Gasteiger partial charge in [0.25, 0.3) is 0 Å². The molecule has 0 amide bonds. The van der Waals surface area contributed by atoms with Crippen molar-refractivity contribution in [3.63, 3.8) is 0 Å². The molecule has 2 aromatic carbocycles. The highest BCUT2D eigenvalue weighted by atomic mass is 35.5. The van der Waals surface area contributed by atoms with E-state index < -0.39 is 0 Å². The topological polar surface area (TPSA) is 46.5 Å². The van der Waals surface area contributed by atoms with Crippen LogP contribution in [0.3, 0.4) is 0 Å². The summed E-state index contributed by atoms with van der Waals surface area (Å²) in [5.74, 6) is -0.0312. The Hall–Kier alpha value is -1.97. The van der Waals surface area contributed by atoms with E-state index in [4.69, 9.17) is 27.9 Å². The van der Waals surface area contributed by atoms with E-state index in [0.717, 1.165) is 0 Å². The first-order chi connectivity index (χ1) is 10.0. The lowest BCUT2D eigenvalue weighted by atomic mass is 10.1. The molecule has 1 N–H and O–H groups in total. The Morgan fingerprint density at radius 3 is 2.48 bits per heavy atom. The summed E-state index contributed by atoms with van der Waals surface area (Å²) in [6.07, 6.45) is 3.02. The number of hydrogen-bond donors (Lipinski definition) is 1. The number of rotatable bonds is 4. The molecule has 0 heterocycles. The molecule has 0 aromatic heterocycles. The van der Waals surface area contributed by atoms with Crippen LogP contribution in [-0.4, -0.2) is 18.0 Å². The second-order valence-electron chi connectivity index (χ2n) is 4.26. The van der Waals surface area contributed by atoms with Gasteiger partial charge in [-0.25, -0.2) is 0 Å². The molecular weight excluding hydrogens is 311 g/mol. The molecule has 108 valence electrons. The quantitative estimate of drug-likeness (QED) is 0.660. The Bertz CT molecular complexity index is 691. The second kappa shape index (κ2) is 6.66. The Labute approximate surface area is 132 Å². The Kier molecular flexibility index (Phi) is 4.89. The van der Waals surface area contributed by atoms with E-state index in [-0.39, 0.29) is 22.3 Å². The standard InChI is InChI=1S/C16H12Cl2O3/c1-21-15-9-10(8-13(18)16(15)20)2-7-14(19)11-3-5-12(17)6-4-11/h2-9,20H,1H3. The maximum atomic E-state index is 12.0. The summed E-state index contributed by atoms with van der Waals surface area (Å²) in [7, 11) is 1.43. The van der Waals surface area contributed by atoms with Gasteiger partial charge >= 0.3 is 0 Å². The van der Waals surface area contributed by atoms with Crippen molar-refractivity contribution < 1.29 is 14.6 Å². The Morgan fingerprint density at radius 2 is 1.86 bits per heavy atom. The number of aromatic hydroxyl groups is 1. The van der Waals surface area contributed by atoms with Crippen molar-refractivity contribution in [2.75, 3.05) is 7.11 Å². The lowest BCUT2D eigenvalue weighted by molar-refractivity contribution is 0.104. The zero-order valence-corrected chi connectivity index (χ0v) is 12.7. The third-order valence-electron chi connectivity index (χ3n) is 2.83. The van der Waals surface area contributed by atoms with Gasteiger partial charge in [-0.3, -0.25) is 4.79 Å². The number of carbonyl (C=O) groups excluding carboxylic acids is 1. The molecule has 0 atom stereocenters. The summed E-state index contributed by atoms with van der Waals surface area (Å²) >= 11 is 11.7. The molecule has 0 bridgehead atoms. The van der Waals surface area contributed by atoms with Crippen molar-refractivity contribution in [1.82, 2.24) is 0 Å². The first-order valence-corrected chi connectivity index (χ1v) is 6.81. The summed E-state index contributed by atoms with van der Waals surface area (Å²) in [6, 6.07) is 9.75. The minimum Gasteiger partial charge on any atom is -0.503 e. The van der Waals surface area contributed by atoms with E-state index in [1.807, 2.05) is 0 Å². The molecule has 21 heavy (non-hydrogen) atoms. The van der Waals surface area contributed by atoms with Crippen molar-refractivity contribution in [2.24, 2.45) is 0 Å². The van der Waals surface area contributed by atoms with Gasteiger partial charge < -0.3 is 9.84 Å². The predicted octanol–water partition coefficient (Wildman–Crippen LogP) is 4.60. The average Bonchev–Trinajstić information content (AvgIpc) is 2.48. The number of benzene rings is 2. The summed E-state index contributed by atoms with van der Waals surface area (Å²) in [5, 5.41) is 10.4. The van der Waals surface area contributed by atoms with Gasteiger partial charge in [0.05, 0.1) is 12.1 Å². The number of ether oxygens (including phenoxy) is 1. The van der Waals surface area contributed by atoms with Crippen LogP contribution in [0.4, 0.5) is 0 Å². The number of carbonyl (C=O) groups is 1. The van der Waals surface area contributed by atoms with Crippen molar-refractivity contribution >= 4 is 35.1 Å². The van der Waals surface area contributed by atoms with Crippen LogP contribution in [0.25, 0.3) is 6.08 Å². The normalized spacial score (nSPS) is 10.8. The molecule has 0 radical (unpaired) electrons. The van der Waals surface area contributed by atoms with Crippen molar-refractivity contribution in [3.05, 3.63) is 63.6 Å². The molecule has 0 fully saturated rings. The first-order valence-electron chi connectivity index (χ1n) is 6.05. The van der Waals surface area contributed by atoms with Crippen LogP contribution in [0.2, 0.25) is 10.0 Å². The van der Waals surface area contributed by atoms with Crippen LogP contribution in [0, 0.1) is 0 Å². The smallest absolute Gasteiger partial charge is 0.185 e. The van der Waals surface area contributed by atoms with Crippen LogP contribution in [0.1, 0.15) is 15.9 Å². The summed E-state index contributed by atoms with van der Waals surface area (Å²) in [5.41, 5.74) is 1.18. The largest absolute Gasteiger partial charge is 0.503 e. The maximum absolute atomic E-state index is 12.0. The summed E-state index contributed by atoms with van der Waals surface area (Å²) in [6.45, 7) is 0. The molecular formula is C16H12Cl2O3. The molecule has 2 aromatic rings. The van der Waals surface area contributed by atoms with Crippen LogP contribution in [0.15, 0.2) is 42.5 Å². The van der Waals surface area contributed by atoms with Gasteiger partial charge in [0.2, 0.25) is 0 Å². The highest BCUT2D eigenvalue weighted by Gasteiger charge is 2.08. The number of halogens is 2. The van der Waals surface area contributed by atoms with E-state index in [1.165, 1.54) is 13.2 Å². The molecule has 3 nitrogen and oxygen atoms in total. The first kappa shape index (κ1) is 15.4. The second-order valence-corrected chi connectivity index (χ2v) is 5.10. The fourth-order valence-electron chi connectivity index (χ4n) is 1.73. The highest BCUT2D eigenvalue weighted by molar-refractivity contribution is 6.32. The molecule has 5 heteroatoms. The molecule has 0 aliphatic heterocycles. The zero-order chi connectivity index (χ0) is 15.4. The lowest BCUT2D eigenvalue weighted by Gasteiger charge is -2.06. The van der Waals surface area contributed by atoms with Crippen LogP contribution >= 0.6 is 23.2 Å². The molecule has 2 rings (SSSR count). The van der Waals surface area contributed by atoms with Crippen molar-refractivity contribution in [1.29, 1.82) is 0 Å². The Morgan fingerprint density at radius 1 is 1.19 bits per heavy atom. The summed E-state index contributed by atoms with van der Waals surface area (Å²) < 4.78 is 5.00. The molecule has 0 spiro atoms. The van der Waals surface area contributed by atoms with Gasteiger partial charge in [0, 0.05) is 10.6 Å². The van der Waals surface area contributed by atoms with Gasteiger partial charge in [0.1, 0.15) is 0 Å². The van der Waals surface area contributed by atoms with Crippen LogP contribution < -0.4 is 4.74 Å². The van der Waals surface area contributed by atoms with Gasteiger partial charge in [-0.15, -0.1) is 0 Å². The number of phenols is 1. The molecule has 0 aliphatic carbocycles. The number of ketones is 1. The fourth-order valence-corrected chi connectivity index (χ4v) is 2.07. The van der Waals surface area contributed by atoms with Crippen molar-refractivity contribution in [2.45, 2.75) is 0 Å².